The van der Waals surface area contributed by atoms with Crippen LogP contribution in [-0.4, -0.2) is 34.0 Å². The van der Waals surface area contributed by atoms with Crippen LogP contribution in [0.25, 0.3) is 0 Å². The van der Waals surface area contributed by atoms with E-state index in [4.69, 9.17) is 4.55 Å². The first-order valence-corrected chi connectivity index (χ1v) is 4.92. The van der Waals surface area contributed by atoms with Crippen LogP contribution in [0.4, 0.5) is 0 Å². The number of aliphatic hydroxyl groups is 1. The highest BCUT2D eigenvalue weighted by Crippen LogP contribution is 2.25. The molecule has 0 radical (unpaired) electrons. The third kappa shape index (κ3) is 1.54. The molecule has 0 saturated carbocycles. The molecule has 1 aliphatic carbocycles. The first-order chi connectivity index (χ1) is 6.29. The summed E-state index contributed by atoms with van der Waals surface area (Å²) in [7, 11) is -4.94. The second-order valence-corrected chi connectivity index (χ2v) is 4.31. The summed E-state index contributed by atoms with van der Waals surface area (Å²) in [6.45, 7) is 0. The van der Waals surface area contributed by atoms with E-state index in [1.54, 1.807) is 0 Å². The van der Waals surface area contributed by atoms with E-state index in [-0.39, 0.29) is 0 Å². The van der Waals surface area contributed by atoms with Crippen molar-refractivity contribution >= 4 is 10.1 Å². The van der Waals surface area contributed by atoms with Crippen LogP contribution in [0.2, 0.25) is 0 Å². The standard InChI is InChI=1S/C6H7NO6S/c8-6(14(11,12)13)4-2-1-3-5(6)7(9)10/h1-5,8H,(H,11,12,13). The molecule has 0 bridgehead atoms. The molecule has 0 spiro atoms. The van der Waals surface area contributed by atoms with Crippen molar-refractivity contribution in [3.8, 4) is 0 Å². The van der Waals surface area contributed by atoms with Gasteiger partial charge in [-0.05, 0) is 12.2 Å². The number of nitrogens with zero attached hydrogens (tertiary/aromatic N) is 1. The Kier molecular flexibility index (Phi) is 2.44. The van der Waals surface area contributed by atoms with Gasteiger partial charge in [0.05, 0.1) is 0 Å². The first kappa shape index (κ1) is 10.8. The van der Waals surface area contributed by atoms with E-state index in [1.165, 1.54) is 6.08 Å². The van der Waals surface area contributed by atoms with Crippen molar-refractivity contribution in [1.29, 1.82) is 0 Å². The lowest BCUT2D eigenvalue weighted by Crippen LogP contribution is -2.51. The van der Waals surface area contributed by atoms with Gasteiger partial charge in [-0.25, -0.2) is 0 Å². The van der Waals surface area contributed by atoms with E-state index >= 15 is 0 Å². The number of hydrogen-bond donors (Lipinski definition) is 2. The summed E-state index contributed by atoms with van der Waals surface area (Å²) >= 11 is 0. The van der Waals surface area contributed by atoms with Crippen LogP contribution in [0.1, 0.15) is 0 Å². The zero-order valence-corrected chi connectivity index (χ0v) is 7.59. The van der Waals surface area contributed by atoms with E-state index in [0.29, 0.717) is 6.08 Å². The molecule has 2 atom stereocenters. The fourth-order valence-corrected chi connectivity index (χ4v) is 1.78. The van der Waals surface area contributed by atoms with Gasteiger partial charge in [-0.1, -0.05) is 12.2 Å². The van der Waals surface area contributed by atoms with Gasteiger partial charge in [-0.2, -0.15) is 8.42 Å². The van der Waals surface area contributed by atoms with E-state index in [1.807, 2.05) is 0 Å². The molecular weight excluding hydrogens is 214 g/mol. The Labute approximate surface area is 79.3 Å². The van der Waals surface area contributed by atoms with Crippen LogP contribution >= 0.6 is 0 Å². The van der Waals surface area contributed by atoms with Gasteiger partial charge in [0.2, 0.25) is 0 Å². The minimum Gasteiger partial charge on any atom is -0.364 e. The van der Waals surface area contributed by atoms with Gasteiger partial charge in [0.1, 0.15) is 0 Å². The third-order valence-corrected chi connectivity index (χ3v) is 3.01. The van der Waals surface area contributed by atoms with Gasteiger partial charge in [0.25, 0.3) is 11.0 Å². The molecule has 0 saturated heterocycles. The highest BCUT2D eigenvalue weighted by molar-refractivity contribution is 7.87. The van der Waals surface area contributed by atoms with Gasteiger partial charge in [0.15, 0.2) is 0 Å². The molecule has 2 N–H and O–H groups in total. The largest absolute Gasteiger partial charge is 0.364 e. The molecule has 2 unspecified atom stereocenters. The molecule has 0 fully saturated rings. The lowest BCUT2D eigenvalue weighted by Gasteiger charge is -2.23. The zero-order valence-electron chi connectivity index (χ0n) is 6.77. The average molecular weight is 221 g/mol. The zero-order chi connectivity index (χ0) is 11.0. The molecule has 0 aromatic carbocycles. The molecule has 78 valence electrons. The third-order valence-electron chi connectivity index (χ3n) is 1.80. The Morgan fingerprint density at radius 2 is 2.00 bits per heavy atom. The van der Waals surface area contributed by atoms with Crippen LogP contribution in [-0.2, 0) is 10.1 Å². The van der Waals surface area contributed by atoms with Crippen LogP contribution in [0.15, 0.2) is 24.3 Å². The topological polar surface area (TPSA) is 118 Å². The Balaban J connectivity index is 3.27. The second-order valence-electron chi connectivity index (χ2n) is 2.70. The summed E-state index contributed by atoms with van der Waals surface area (Å²) < 4.78 is 30.1. The van der Waals surface area contributed by atoms with E-state index in [9.17, 15) is 23.6 Å². The second kappa shape index (κ2) is 3.15. The van der Waals surface area contributed by atoms with Gasteiger partial charge < -0.3 is 5.11 Å². The summed E-state index contributed by atoms with van der Waals surface area (Å²) in [6.07, 6.45) is 3.87. The number of allylic oxidation sites excluding steroid dienone is 2. The van der Waals surface area contributed by atoms with Crippen LogP contribution in [0.5, 0.6) is 0 Å². The lowest BCUT2D eigenvalue weighted by atomic mass is 10.1. The number of nitro groups is 1. The Bertz CT molecular complexity index is 410. The molecule has 7 nitrogen and oxygen atoms in total. The van der Waals surface area contributed by atoms with Gasteiger partial charge in [-0.3, -0.25) is 14.7 Å². The predicted molar refractivity (Wildman–Crippen MR) is 45.6 cm³/mol. The molecule has 0 heterocycles. The van der Waals surface area contributed by atoms with E-state index in [0.717, 1.165) is 12.2 Å². The van der Waals surface area contributed by atoms with Crippen molar-refractivity contribution in [2.75, 3.05) is 0 Å². The molecule has 14 heavy (non-hydrogen) atoms. The number of hydrogen-bond acceptors (Lipinski definition) is 5. The van der Waals surface area contributed by atoms with Gasteiger partial charge in [-0.15, -0.1) is 0 Å². The normalized spacial score (nSPS) is 31.7. The van der Waals surface area contributed by atoms with E-state index in [2.05, 4.69) is 0 Å². The maximum atomic E-state index is 10.7. The number of rotatable bonds is 2. The maximum Gasteiger partial charge on any atom is 0.306 e. The smallest absolute Gasteiger partial charge is 0.306 e. The van der Waals surface area contributed by atoms with Crippen molar-refractivity contribution in [1.82, 2.24) is 0 Å². The first-order valence-electron chi connectivity index (χ1n) is 3.48. The quantitative estimate of drug-likeness (QED) is 0.363. The van der Waals surface area contributed by atoms with Crippen molar-refractivity contribution < 1.29 is 23.0 Å². The highest BCUT2D eigenvalue weighted by atomic mass is 32.2. The van der Waals surface area contributed by atoms with Crippen molar-refractivity contribution in [2.24, 2.45) is 0 Å². The van der Waals surface area contributed by atoms with Gasteiger partial charge in [0, 0.05) is 4.92 Å². The molecule has 1 rings (SSSR count). The Morgan fingerprint density at radius 1 is 1.43 bits per heavy atom. The molecule has 0 aromatic rings. The minimum atomic E-state index is -4.94. The lowest BCUT2D eigenvalue weighted by molar-refractivity contribution is -0.522. The molecular formula is C6H7NO6S. The Morgan fingerprint density at radius 3 is 2.36 bits per heavy atom. The fraction of sp³-hybridized carbons (Fsp3) is 0.333. The SMILES string of the molecule is O=[N+]([O-])C1C=CC=CC1(O)S(=O)(=O)O. The summed E-state index contributed by atoms with van der Waals surface area (Å²) in [4.78, 5) is 6.53. The fourth-order valence-electron chi connectivity index (χ4n) is 1.06. The summed E-state index contributed by atoms with van der Waals surface area (Å²) in [6, 6.07) is -1.90. The summed E-state index contributed by atoms with van der Waals surface area (Å²) in [5.74, 6) is 0. The van der Waals surface area contributed by atoms with Crippen molar-refractivity contribution in [2.45, 2.75) is 11.0 Å². The summed E-state index contributed by atoms with van der Waals surface area (Å²) in [5, 5.41) is 19.8. The molecule has 0 amide bonds. The highest BCUT2D eigenvalue weighted by Gasteiger charge is 2.53. The monoisotopic (exact) mass is 221 g/mol. The van der Waals surface area contributed by atoms with Crippen LogP contribution in [0, 0.1) is 10.1 Å². The van der Waals surface area contributed by atoms with Crippen molar-refractivity contribution in [3.05, 3.63) is 34.4 Å². The molecule has 8 heteroatoms. The minimum absolute atomic E-state index is 0.663. The van der Waals surface area contributed by atoms with Crippen LogP contribution in [0.3, 0.4) is 0 Å². The summed E-state index contributed by atoms with van der Waals surface area (Å²) in [5.41, 5.74) is 0. The average Bonchev–Trinajstić information content (AvgIpc) is 2.02. The molecule has 0 aliphatic heterocycles. The van der Waals surface area contributed by atoms with E-state index < -0.39 is 26.0 Å². The van der Waals surface area contributed by atoms with Crippen molar-refractivity contribution in [3.63, 3.8) is 0 Å². The molecule has 1 aliphatic rings. The predicted octanol–water partition coefficient (Wildman–Crippen LogP) is -0.666. The van der Waals surface area contributed by atoms with Gasteiger partial charge >= 0.3 is 10.1 Å². The molecule has 0 aromatic heterocycles. The maximum absolute atomic E-state index is 10.7. The Hall–Kier alpha value is -1.25. The van der Waals surface area contributed by atoms with Crippen LogP contribution < -0.4 is 0 Å².